The van der Waals surface area contributed by atoms with Gasteiger partial charge < -0.3 is 10.1 Å². The number of para-hydroxylation sites is 2. The Bertz CT molecular complexity index is 814. The standard InChI is InChI=1S/C18H12N2O2/c19-12-15(18(21)22-14-7-2-1-3-8-14)17-11-10-13-6-4-5-9-16(13)20-17/h1-11,20H/b17-15-. The molecule has 0 saturated heterocycles. The number of fused-ring (bicyclic) bond motifs is 1. The molecular formula is C18H12N2O2. The van der Waals surface area contributed by atoms with E-state index in [-0.39, 0.29) is 5.57 Å². The summed E-state index contributed by atoms with van der Waals surface area (Å²) in [7, 11) is 0. The molecule has 0 amide bonds. The lowest BCUT2D eigenvalue weighted by Gasteiger charge is -2.16. The van der Waals surface area contributed by atoms with Gasteiger partial charge in [-0.25, -0.2) is 4.79 Å². The van der Waals surface area contributed by atoms with Crippen LogP contribution < -0.4 is 10.1 Å². The number of ether oxygens (including phenoxy) is 1. The number of hydrogen-bond acceptors (Lipinski definition) is 4. The van der Waals surface area contributed by atoms with E-state index in [2.05, 4.69) is 5.32 Å². The van der Waals surface area contributed by atoms with E-state index in [9.17, 15) is 10.1 Å². The number of hydrogen-bond donors (Lipinski definition) is 1. The van der Waals surface area contributed by atoms with Crippen LogP contribution in [-0.4, -0.2) is 5.97 Å². The van der Waals surface area contributed by atoms with Crippen LogP contribution in [0.15, 0.2) is 71.9 Å². The molecule has 0 unspecified atom stereocenters. The van der Waals surface area contributed by atoms with Crippen molar-refractivity contribution < 1.29 is 9.53 Å². The number of rotatable bonds is 2. The number of carbonyl (C=O) groups excluding carboxylic acids is 1. The molecule has 0 fully saturated rings. The van der Waals surface area contributed by atoms with Crippen LogP contribution >= 0.6 is 0 Å². The summed E-state index contributed by atoms with van der Waals surface area (Å²) in [5, 5.41) is 12.4. The van der Waals surface area contributed by atoms with Crippen LogP contribution in [0.3, 0.4) is 0 Å². The zero-order valence-electron chi connectivity index (χ0n) is 11.6. The summed E-state index contributed by atoms with van der Waals surface area (Å²) in [5.41, 5.74) is 2.22. The molecule has 0 radical (unpaired) electrons. The lowest BCUT2D eigenvalue weighted by Crippen LogP contribution is -2.16. The smallest absolute Gasteiger partial charge is 0.356 e. The van der Waals surface area contributed by atoms with E-state index in [0.717, 1.165) is 11.3 Å². The molecule has 0 aromatic heterocycles. The van der Waals surface area contributed by atoms with E-state index >= 15 is 0 Å². The molecule has 4 nitrogen and oxygen atoms in total. The summed E-state index contributed by atoms with van der Waals surface area (Å²) < 4.78 is 5.22. The summed E-state index contributed by atoms with van der Waals surface area (Å²) in [6.07, 6.45) is 3.56. The summed E-state index contributed by atoms with van der Waals surface area (Å²) in [4.78, 5) is 12.2. The van der Waals surface area contributed by atoms with Crippen molar-refractivity contribution in [3.63, 3.8) is 0 Å². The molecule has 3 rings (SSSR count). The Morgan fingerprint density at radius 3 is 2.50 bits per heavy atom. The van der Waals surface area contributed by atoms with Gasteiger partial charge in [0.2, 0.25) is 0 Å². The van der Waals surface area contributed by atoms with Gasteiger partial charge in [-0.1, -0.05) is 42.5 Å². The van der Waals surface area contributed by atoms with Crippen LogP contribution in [0.2, 0.25) is 0 Å². The first-order chi connectivity index (χ1) is 10.8. The second kappa shape index (κ2) is 5.98. The minimum Gasteiger partial charge on any atom is -0.422 e. The highest BCUT2D eigenvalue weighted by Gasteiger charge is 2.19. The summed E-state index contributed by atoms with van der Waals surface area (Å²) >= 11 is 0. The minimum atomic E-state index is -0.680. The van der Waals surface area contributed by atoms with Gasteiger partial charge >= 0.3 is 5.97 Å². The van der Waals surface area contributed by atoms with Crippen molar-refractivity contribution in [3.8, 4) is 11.8 Å². The largest absolute Gasteiger partial charge is 0.422 e. The second-order valence-corrected chi connectivity index (χ2v) is 4.65. The van der Waals surface area contributed by atoms with Crippen LogP contribution in [0.5, 0.6) is 5.75 Å². The molecule has 1 aliphatic rings. The fraction of sp³-hybridized carbons (Fsp3) is 0. The number of esters is 1. The average Bonchev–Trinajstić information content (AvgIpc) is 2.56. The number of anilines is 1. The quantitative estimate of drug-likeness (QED) is 0.397. The van der Waals surface area contributed by atoms with E-state index < -0.39 is 5.97 Å². The predicted octanol–water partition coefficient (Wildman–Crippen LogP) is 3.51. The zero-order chi connectivity index (χ0) is 15.4. The Morgan fingerprint density at radius 2 is 1.73 bits per heavy atom. The Morgan fingerprint density at radius 1 is 1.00 bits per heavy atom. The third-order valence-corrected chi connectivity index (χ3v) is 3.20. The maximum atomic E-state index is 12.2. The Balaban J connectivity index is 1.89. The SMILES string of the molecule is N#C/C(C(=O)Oc1ccccc1)=C1\C=Cc2ccccc2N1. The van der Waals surface area contributed by atoms with Gasteiger partial charge in [0.25, 0.3) is 0 Å². The Kier molecular flexibility index (Phi) is 3.71. The summed E-state index contributed by atoms with van der Waals surface area (Å²) in [6.45, 7) is 0. The summed E-state index contributed by atoms with van der Waals surface area (Å²) in [6, 6.07) is 18.2. The molecule has 4 heteroatoms. The van der Waals surface area contributed by atoms with Gasteiger partial charge in [-0.15, -0.1) is 0 Å². The molecule has 1 aliphatic heterocycles. The van der Waals surface area contributed by atoms with Crippen LogP contribution in [0, 0.1) is 11.3 Å². The number of allylic oxidation sites excluding steroid dienone is 1. The minimum absolute atomic E-state index is 0.0605. The van der Waals surface area contributed by atoms with Crippen molar-refractivity contribution in [2.45, 2.75) is 0 Å². The molecule has 106 valence electrons. The van der Waals surface area contributed by atoms with Gasteiger partial charge in [0.15, 0.2) is 5.57 Å². The molecule has 0 atom stereocenters. The average molecular weight is 288 g/mol. The number of nitrogens with one attached hydrogen (secondary N) is 1. The predicted molar refractivity (Wildman–Crippen MR) is 83.8 cm³/mol. The van der Waals surface area contributed by atoms with E-state index in [1.807, 2.05) is 42.5 Å². The number of nitriles is 1. The van der Waals surface area contributed by atoms with Crippen molar-refractivity contribution in [3.05, 3.63) is 77.5 Å². The fourth-order valence-electron chi connectivity index (χ4n) is 2.12. The zero-order valence-corrected chi connectivity index (χ0v) is 11.6. The monoisotopic (exact) mass is 288 g/mol. The lowest BCUT2D eigenvalue weighted by atomic mass is 10.1. The first-order valence-corrected chi connectivity index (χ1v) is 6.73. The first kappa shape index (κ1) is 13.7. The normalized spacial score (nSPS) is 14.3. The van der Waals surface area contributed by atoms with Crippen molar-refractivity contribution >= 4 is 17.7 Å². The van der Waals surface area contributed by atoms with Gasteiger partial charge in [-0.2, -0.15) is 5.26 Å². The first-order valence-electron chi connectivity index (χ1n) is 6.73. The summed E-state index contributed by atoms with van der Waals surface area (Å²) in [5.74, 6) is -0.277. The third-order valence-electron chi connectivity index (χ3n) is 3.20. The molecule has 1 heterocycles. The molecule has 0 saturated carbocycles. The Labute approximate surface area is 128 Å². The highest BCUT2D eigenvalue weighted by atomic mass is 16.5. The van der Waals surface area contributed by atoms with Crippen molar-refractivity contribution in [1.82, 2.24) is 0 Å². The molecule has 0 spiro atoms. The number of benzene rings is 2. The van der Waals surface area contributed by atoms with Crippen LogP contribution in [0.25, 0.3) is 6.08 Å². The van der Waals surface area contributed by atoms with Crippen LogP contribution in [0.1, 0.15) is 5.56 Å². The molecule has 2 aromatic carbocycles. The Hall–Kier alpha value is -3.32. The topological polar surface area (TPSA) is 62.1 Å². The van der Waals surface area contributed by atoms with Gasteiger partial charge in [0, 0.05) is 5.69 Å². The van der Waals surface area contributed by atoms with Gasteiger partial charge in [0.05, 0.1) is 5.70 Å². The fourth-order valence-corrected chi connectivity index (χ4v) is 2.12. The molecule has 0 aliphatic carbocycles. The molecule has 2 aromatic rings. The van der Waals surface area contributed by atoms with E-state index in [4.69, 9.17) is 4.74 Å². The van der Waals surface area contributed by atoms with Gasteiger partial charge in [-0.3, -0.25) is 0 Å². The lowest BCUT2D eigenvalue weighted by molar-refractivity contribution is -0.129. The van der Waals surface area contributed by atoms with E-state index in [1.54, 1.807) is 30.3 Å². The van der Waals surface area contributed by atoms with E-state index in [0.29, 0.717) is 11.4 Å². The molecule has 0 bridgehead atoms. The van der Waals surface area contributed by atoms with Crippen molar-refractivity contribution in [2.24, 2.45) is 0 Å². The van der Waals surface area contributed by atoms with Crippen LogP contribution in [-0.2, 0) is 4.79 Å². The molecule has 1 N–H and O–H groups in total. The van der Waals surface area contributed by atoms with Crippen molar-refractivity contribution in [2.75, 3.05) is 5.32 Å². The maximum Gasteiger partial charge on any atom is 0.356 e. The molecule has 22 heavy (non-hydrogen) atoms. The molecular weight excluding hydrogens is 276 g/mol. The number of carbonyl (C=O) groups is 1. The third kappa shape index (κ3) is 2.74. The van der Waals surface area contributed by atoms with Crippen molar-refractivity contribution in [1.29, 1.82) is 5.26 Å². The van der Waals surface area contributed by atoms with Gasteiger partial charge in [-0.05, 0) is 29.8 Å². The number of nitrogens with zero attached hydrogens (tertiary/aromatic N) is 1. The highest BCUT2D eigenvalue weighted by molar-refractivity contribution is 5.97. The second-order valence-electron chi connectivity index (χ2n) is 4.65. The van der Waals surface area contributed by atoms with E-state index in [1.165, 1.54) is 0 Å². The maximum absolute atomic E-state index is 12.2. The van der Waals surface area contributed by atoms with Gasteiger partial charge in [0.1, 0.15) is 11.8 Å². The highest BCUT2D eigenvalue weighted by Crippen LogP contribution is 2.26. The van der Waals surface area contributed by atoms with Crippen LogP contribution in [0.4, 0.5) is 5.69 Å².